The maximum atomic E-state index is 6.03. The van der Waals surface area contributed by atoms with Gasteiger partial charge >= 0.3 is 0 Å². The summed E-state index contributed by atoms with van der Waals surface area (Å²) in [6.07, 6.45) is 4.10. The maximum absolute atomic E-state index is 6.03. The number of nitrogens with one attached hydrogen (secondary N) is 1. The van der Waals surface area contributed by atoms with Crippen LogP contribution in [0, 0.1) is 0 Å². The van der Waals surface area contributed by atoms with Crippen molar-refractivity contribution in [3.63, 3.8) is 0 Å². The fourth-order valence-corrected chi connectivity index (χ4v) is 3.07. The van der Waals surface area contributed by atoms with Crippen LogP contribution < -0.4 is 15.8 Å². The van der Waals surface area contributed by atoms with E-state index in [1.165, 1.54) is 0 Å². The summed E-state index contributed by atoms with van der Waals surface area (Å²) in [5, 5.41) is 3.31. The molecular formula is C18H28IN3O3. The second-order valence-electron chi connectivity index (χ2n) is 6.17. The SMILES string of the molecule is I.NC(=NCCCOC1CCOCC1)NC1CCOc2ccccc21. The molecule has 1 atom stereocenters. The van der Waals surface area contributed by atoms with Crippen molar-refractivity contribution >= 4 is 29.9 Å². The van der Waals surface area contributed by atoms with E-state index in [9.17, 15) is 0 Å². The van der Waals surface area contributed by atoms with Crippen molar-refractivity contribution in [3.05, 3.63) is 29.8 Å². The predicted molar refractivity (Wildman–Crippen MR) is 109 cm³/mol. The number of ether oxygens (including phenoxy) is 3. The highest BCUT2D eigenvalue weighted by molar-refractivity contribution is 14.0. The molecule has 3 rings (SSSR count). The molecule has 1 unspecified atom stereocenters. The van der Waals surface area contributed by atoms with Gasteiger partial charge in [0.2, 0.25) is 0 Å². The predicted octanol–water partition coefficient (Wildman–Crippen LogP) is 2.62. The molecule has 0 spiro atoms. The van der Waals surface area contributed by atoms with Gasteiger partial charge in [-0.05, 0) is 25.3 Å². The van der Waals surface area contributed by atoms with Crippen molar-refractivity contribution in [1.82, 2.24) is 5.32 Å². The number of nitrogens with two attached hydrogens (primary N) is 1. The van der Waals surface area contributed by atoms with Gasteiger partial charge in [0.05, 0.1) is 18.8 Å². The lowest BCUT2D eigenvalue weighted by atomic mass is 10.0. The zero-order chi connectivity index (χ0) is 16.6. The highest BCUT2D eigenvalue weighted by Gasteiger charge is 2.21. The van der Waals surface area contributed by atoms with Crippen LogP contribution in [-0.2, 0) is 9.47 Å². The van der Waals surface area contributed by atoms with Crippen molar-refractivity contribution in [2.75, 3.05) is 33.0 Å². The normalized spacial score (nSPS) is 21.0. The zero-order valence-electron chi connectivity index (χ0n) is 14.5. The highest BCUT2D eigenvalue weighted by atomic mass is 127. The van der Waals surface area contributed by atoms with Crippen molar-refractivity contribution < 1.29 is 14.2 Å². The Hall–Kier alpha value is -1.06. The summed E-state index contributed by atoms with van der Waals surface area (Å²) in [7, 11) is 0. The van der Waals surface area contributed by atoms with Crippen LogP contribution in [0.1, 0.15) is 37.3 Å². The maximum Gasteiger partial charge on any atom is 0.189 e. The molecule has 140 valence electrons. The summed E-state index contributed by atoms with van der Waals surface area (Å²) < 4.78 is 16.8. The van der Waals surface area contributed by atoms with Crippen molar-refractivity contribution in [3.8, 4) is 5.75 Å². The standard InChI is InChI=1S/C18H27N3O3.HI/c19-18(20-9-3-10-23-14-6-11-22-12-7-14)21-16-8-13-24-17-5-2-1-4-15(16)17;/h1-2,4-5,14,16H,3,6-13H2,(H3,19,20,21);1H. The fourth-order valence-electron chi connectivity index (χ4n) is 3.07. The number of hydrogen-bond donors (Lipinski definition) is 2. The first-order valence-corrected chi connectivity index (χ1v) is 8.80. The molecule has 2 aliphatic rings. The van der Waals surface area contributed by atoms with Crippen LogP contribution in [0.3, 0.4) is 0 Å². The fraction of sp³-hybridized carbons (Fsp3) is 0.611. The summed E-state index contributed by atoms with van der Waals surface area (Å²) in [4.78, 5) is 4.41. The van der Waals surface area contributed by atoms with E-state index < -0.39 is 0 Å². The van der Waals surface area contributed by atoms with Crippen LogP contribution >= 0.6 is 24.0 Å². The van der Waals surface area contributed by atoms with E-state index in [0.29, 0.717) is 25.2 Å². The first kappa shape index (κ1) is 20.3. The Morgan fingerprint density at radius 1 is 1.20 bits per heavy atom. The van der Waals surface area contributed by atoms with Crippen LogP contribution in [0.25, 0.3) is 0 Å². The summed E-state index contributed by atoms with van der Waals surface area (Å²) in [5.74, 6) is 1.42. The van der Waals surface area contributed by atoms with E-state index in [1.54, 1.807) is 0 Å². The molecule has 0 aromatic heterocycles. The Kier molecular flexibility index (Phi) is 8.77. The van der Waals surface area contributed by atoms with Crippen LogP contribution in [0.2, 0.25) is 0 Å². The highest BCUT2D eigenvalue weighted by Crippen LogP contribution is 2.31. The van der Waals surface area contributed by atoms with Gasteiger partial charge in [-0.25, -0.2) is 0 Å². The molecule has 1 aromatic rings. The van der Waals surface area contributed by atoms with E-state index in [1.807, 2.05) is 18.2 Å². The molecule has 2 aliphatic heterocycles. The third kappa shape index (κ3) is 6.31. The lowest BCUT2D eigenvalue weighted by Crippen LogP contribution is -2.37. The molecule has 0 aliphatic carbocycles. The number of para-hydroxylation sites is 1. The first-order chi connectivity index (χ1) is 11.8. The van der Waals surface area contributed by atoms with E-state index in [0.717, 1.165) is 56.8 Å². The van der Waals surface area contributed by atoms with Gasteiger partial charge in [-0.15, -0.1) is 24.0 Å². The van der Waals surface area contributed by atoms with Gasteiger partial charge in [0.1, 0.15) is 5.75 Å². The largest absolute Gasteiger partial charge is 0.493 e. The van der Waals surface area contributed by atoms with Crippen LogP contribution in [0.4, 0.5) is 0 Å². The molecule has 1 fully saturated rings. The lowest BCUT2D eigenvalue weighted by Gasteiger charge is -2.27. The molecule has 0 amide bonds. The number of nitrogens with zero attached hydrogens (tertiary/aromatic N) is 1. The Bertz CT molecular complexity index is 550. The van der Waals surface area contributed by atoms with Crippen molar-refractivity contribution in [2.24, 2.45) is 10.7 Å². The Labute approximate surface area is 166 Å². The average molecular weight is 461 g/mol. The number of aliphatic imine (C=N–C) groups is 1. The van der Waals surface area contributed by atoms with Gasteiger partial charge < -0.3 is 25.3 Å². The monoisotopic (exact) mass is 461 g/mol. The van der Waals surface area contributed by atoms with E-state index >= 15 is 0 Å². The quantitative estimate of drug-likeness (QED) is 0.295. The third-order valence-corrected chi connectivity index (χ3v) is 4.39. The zero-order valence-corrected chi connectivity index (χ0v) is 16.8. The number of halogens is 1. The van der Waals surface area contributed by atoms with Gasteiger partial charge in [-0.2, -0.15) is 0 Å². The minimum atomic E-state index is 0. The second-order valence-corrected chi connectivity index (χ2v) is 6.17. The summed E-state index contributed by atoms with van der Waals surface area (Å²) >= 11 is 0. The molecule has 1 saturated heterocycles. The van der Waals surface area contributed by atoms with Gasteiger partial charge in [0.25, 0.3) is 0 Å². The smallest absolute Gasteiger partial charge is 0.189 e. The molecule has 0 saturated carbocycles. The van der Waals surface area contributed by atoms with Crippen LogP contribution in [-0.4, -0.2) is 45.0 Å². The van der Waals surface area contributed by atoms with Crippen molar-refractivity contribution in [2.45, 2.75) is 37.8 Å². The second kappa shape index (κ2) is 10.8. The molecule has 2 heterocycles. The minimum Gasteiger partial charge on any atom is -0.493 e. The number of rotatable bonds is 6. The number of benzene rings is 1. The van der Waals surface area contributed by atoms with Crippen LogP contribution in [0.5, 0.6) is 5.75 Å². The van der Waals surface area contributed by atoms with Crippen LogP contribution in [0.15, 0.2) is 29.3 Å². The molecular weight excluding hydrogens is 433 g/mol. The van der Waals surface area contributed by atoms with Gasteiger partial charge in [-0.1, -0.05) is 18.2 Å². The summed E-state index contributed by atoms with van der Waals surface area (Å²) in [6.45, 7) is 3.72. The van der Waals surface area contributed by atoms with E-state index in [4.69, 9.17) is 19.9 Å². The van der Waals surface area contributed by atoms with Gasteiger partial charge in [-0.3, -0.25) is 4.99 Å². The molecule has 0 radical (unpaired) electrons. The molecule has 3 N–H and O–H groups in total. The Morgan fingerprint density at radius 3 is 2.84 bits per heavy atom. The summed E-state index contributed by atoms with van der Waals surface area (Å²) in [5.41, 5.74) is 7.17. The first-order valence-electron chi connectivity index (χ1n) is 8.80. The number of fused-ring (bicyclic) bond motifs is 1. The average Bonchev–Trinajstić information content (AvgIpc) is 2.63. The molecule has 0 bridgehead atoms. The van der Waals surface area contributed by atoms with Gasteiger partial charge in [0.15, 0.2) is 5.96 Å². The van der Waals surface area contributed by atoms with Crippen molar-refractivity contribution in [1.29, 1.82) is 0 Å². The number of hydrogen-bond acceptors (Lipinski definition) is 4. The number of guanidine groups is 1. The minimum absolute atomic E-state index is 0. The Balaban J connectivity index is 0.00000225. The van der Waals surface area contributed by atoms with E-state index in [2.05, 4.69) is 16.4 Å². The topological polar surface area (TPSA) is 78.1 Å². The third-order valence-electron chi connectivity index (χ3n) is 4.39. The molecule has 1 aromatic carbocycles. The Morgan fingerprint density at radius 2 is 2.00 bits per heavy atom. The molecule has 7 heteroatoms. The molecule has 6 nitrogen and oxygen atoms in total. The lowest BCUT2D eigenvalue weighted by molar-refractivity contribution is -0.0318. The molecule has 25 heavy (non-hydrogen) atoms. The van der Waals surface area contributed by atoms with Gasteiger partial charge in [0, 0.05) is 38.3 Å². The van der Waals surface area contributed by atoms with E-state index in [-0.39, 0.29) is 30.0 Å². The summed E-state index contributed by atoms with van der Waals surface area (Å²) in [6, 6.07) is 8.23.